The van der Waals surface area contributed by atoms with Gasteiger partial charge in [0.1, 0.15) is 0 Å². The van der Waals surface area contributed by atoms with Crippen molar-refractivity contribution in [1.29, 1.82) is 0 Å². The second kappa shape index (κ2) is 7.40. The summed E-state index contributed by atoms with van der Waals surface area (Å²) >= 11 is 23.0. The Morgan fingerprint density at radius 3 is 2.21 bits per heavy atom. The van der Waals surface area contributed by atoms with E-state index < -0.39 is 3.79 Å². The maximum Gasteiger partial charge on any atom is 0.192 e. The molecule has 0 spiro atoms. The van der Waals surface area contributed by atoms with Crippen LogP contribution >= 0.6 is 46.4 Å². The van der Waals surface area contributed by atoms with Gasteiger partial charge in [-0.15, -0.1) is 11.6 Å². The Balaban J connectivity index is 3.70. The van der Waals surface area contributed by atoms with Crippen molar-refractivity contribution in [2.45, 2.75) is 41.8 Å². The summed E-state index contributed by atoms with van der Waals surface area (Å²) in [5.74, 6) is 0.304. The fourth-order valence-corrected chi connectivity index (χ4v) is 2.27. The van der Waals surface area contributed by atoms with Crippen LogP contribution in [0.5, 0.6) is 0 Å². The standard InChI is InChI=1S/C9H16Cl4O/c1-7(4-2-3-5-14)8(10)6-9(11,12)13/h7-8,14H,2-6H2,1H3. The highest BCUT2D eigenvalue weighted by molar-refractivity contribution is 6.67. The molecule has 2 unspecified atom stereocenters. The summed E-state index contributed by atoms with van der Waals surface area (Å²) in [4.78, 5) is 0. The largest absolute Gasteiger partial charge is 0.396 e. The predicted molar refractivity (Wildman–Crippen MR) is 64.6 cm³/mol. The molecule has 1 N–H and O–H groups in total. The molecule has 0 aliphatic rings. The van der Waals surface area contributed by atoms with Crippen LogP contribution in [0.2, 0.25) is 0 Å². The van der Waals surface area contributed by atoms with Crippen molar-refractivity contribution in [2.75, 3.05) is 6.61 Å². The van der Waals surface area contributed by atoms with Gasteiger partial charge in [-0.3, -0.25) is 0 Å². The van der Waals surface area contributed by atoms with E-state index in [1.165, 1.54) is 0 Å². The van der Waals surface area contributed by atoms with Crippen LogP contribution in [0.1, 0.15) is 32.6 Å². The molecule has 0 aromatic carbocycles. The number of hydrogen-bond donors (Lipinski definition) is 1. The van der Waals surface area contributed by atoms with Gasteiger partial charge in [0.05, 0.1) is 0 Å². The van der Waals surface area contributed by atoms with Crippen molar-refractivity contribution >= 4 is 46.4 Å². The molecule has 2 atom stereocenters. The van der Waals surface area contributed by atoms with Crippen molar-refractivity contribution in [1.82, 2.24) is 0 Å². The van der Waals surface area contributed by atoms with Crippen LogP contribution in [0.3, 0.4) is 0 Å². The van der Waals surface area contributed by atoms with Crippen LogP contribution < -0.4 is 0 Å². The lowest BCUT2D eigenvalue weighted by molar-refractivity contribution is 0.278. The third-order valence-corrected chi connectivity index (χ3v) is 3.16. The van der Waals surface area contributed by atoms with E-state index >= 15 is 0 Å². The highest BCUT2D eigenvalue weighted by atomic mass is 35.6. The van der Waals surface area contributed by atoms with Gasteiger partial charge in [-0.05, 0) is 18.8 Å². The molecule has 0 aliphatic heterocycles. The summed E-state index contributed by atoms with van der Waals surface area (Å²) in [5, 5.41) is 8.48. The van der Waals surface area contributed by atoms with Crippen molar-refractivity contribution in [3.63, 3.8) is 0 Å². The van der Waals surface area contributed by atoms with E-state index in [0.717, 1.165) is 19.3 Å². The van der Waals surface area contributed by atoms with E-state index in [1.807, 2.05) is 6.92 Å². The van der Waals surface area contributed by atoms with Gasteiger partial charge < -0.3 is 5.11 Å². The van der Waals surface area contributed by atoms with Crippen LogP contribution in [0, 0.1) is 5.92 Å². The van der Waals surface area contributed by atoms with Gasteiger partial charge in [-0.2, -0.15) is 0 Å². The molecule has 0 radical (unpaired) electrons. The third kappa shape index (κ3) is 8.43. The van der Waals surface area contributed by atoms with E-state index in [2.05, 4.69) is 0 Å². The van der Waals surface area contributed by atoms with Crippen molar-refractivity contribution < 1.29 is 5.11 Å². The third-order valence-electron chi connectivity index (χ3n) is 2.11. The van der Waals surface area contributed by atoms with Gasteiger partial charge in [-0.25, -0.2) is 0 Å². The van der Waals surface area contributed by atoms with Crippen LogP contribution in [-0.2, 0) is 0 Å². The van der Waals surface area contributed by atoms with E-state index in [4.69, 9.17) is 51.5 Å². The van der Waals surface area contributed by atoms with Crippen LogP contribution in [0.25, 0.3) is 0 Å². The van der Waals surface area contributed by atoms with E-state index in [0.29, 0.717) is 12.3 Å². The molecule has 5 heteroatoms. The van der Waals surface area contributed by atoms with Crippen LogP contribution in [0.15, 0.2) is 0 Å². The predicted octanol–water partition coefficient (Wildman–Crippen LogP) is 4.15. The molecule has 86 valence electrons. The average Bonchev–Trinajstić information content (AvgIpc) is 2.01. The summed E-state index contributed by atoms with van der Waals surface area (Å²) in [6.07, 6.45) is 3.08. The highest BCUT2D eigenvalue weighted by Crippen LogP contribution is 2.36. The first-order valence-electron chi connectivity index (χ1n) is 4.68. The molecule has 1 nitrogen and oxygen atoms in total. The first-order chi connectivity index (χ1) is 6.37. The minimum absolute atomic E-state index is 0.124. The van der Waals surface area contributed by atoms with Gasteiger partial charge in [-0.1, -0.05) is 48.1 Å². The maximum atomic E-state index is 8.61. The fraction of sp³-hybridized carbons (Fsp3) is 1.00. The van der Waals surface area contributed by atoms with Crippen molar-refractivity contribution in [3.05, 3.63) is 0 Å². The fourth-order valence-electron chi connectivity index (χ4n) is 1.18. The molecule has 0 fully saturated rings. The molecular formula is C9H16Cl4O. The van der Waals surface area contributed by atoms with Crippen LogP contribution in [-0.4, -0.2) is 20.9 Å². The zero-order valence-electron chi connectivity index (χ0n) is 8.15. The second-order valence-electron chi connectivity index (χ2n) is 3.53. The quantitative estimate of drug-likeness (QED) is 0.573. The molecule has 0 rings (SSSR count). The number of halogens is 4. The monoisotopic (exact) mass is 280 g/mol. The molecule has 0 aliphatic carbocycles. The SMILES string of the molecule is CC(CCCCO)C(Cl)CC(Cl)(Cl)Cl. The molecule has 14 heavy (non-hydrogen) atoms. The van der Waals surface area contributed by atoms with Gasteiger partial charge in [0.2, 0.25) is 0 Å². The molecule has 0 aromatic rings. The maximum absolute atomic E-state index is 8.61. The lowest BCUT2D eigenvalue weighted by Gasteiger charge is -2.21. The number of hydrogen-bond acceptors (Lipinski definition) is 1. The number of alkyl halides is 4. The van der Waals surface area contributed by atoms with Gasteiger partial charge >= 0.3 is 0 Å². The van der Waals surface area contributed by atoms with Gasteiger partial charge in [0.15, 0.2) is 3.79 Å². The number of aliphatic hydroxyl groups is 1. The Bertz CT molecular complexity index is 146. The Morgan fingerprint density at radius 1 is 1.21 bits per heavy atom. The summed E-state index contributed by atoms with van der Waals surface area (Å²) in [6, 6.07) is 0. The average molecular weight is 282 g/mol. The zero-order valence-corrected chi connectivity index (χ0v) is 11.2. The smallest absolute Gasteiger partial charge is 0.192 e. The lowest BCUT2D eigenvalue weighted by atomic mass is 9.99. The summed E-state index contributed by atoms with van der Waals surface area (Å²) < 4.78 is -1.27. The van der Waals surface area contributed by atoms with Gasteiger partial charge in [0.25, 0.3) is 0 Å². The number of unbranched alkanes of at least 4 members (excludes halogenated alkanes) is 1. The first kappa shape index (κ1) is 15.1. The second-order valence-corrected chi connectivity index (χ2v) is 6.61. The lowest BCUT2D eigenvalue weighted by Crippen LogP contribution is -2.19. The Hall–Kier alpha value is 1.12. The van der Waals surface area contributed by atoms with E-state index in [-0.39, 0.29) is 12.0 Å². The zero-order chi connectivity index (χ0) is 11.2. The number of rotatable bonds is 6. The summed E-state index contributed by atoms with van der Waals surface area (Å²) in [5.41, 5.74) is 0. The minimum Gasteiger partial charge on any atom is -0.396 e. The summed E-state index contributed by atoms with van der Waals surface area (Å²) in [7, 11) is 0. The molecule has 0 heterocycles. The Kier molecular flexibility index (Phi) is 7.99. The first-order valence-corrected chi connectivity index (χ1v) is 6.25. The van der Waals surface area contributed by atoms with E-state index in [1.54, 1.807) is 0 Å². The normalized spacial score (nSPS) is 16.7. The van der Waals surface area contributed by atoms with E-state index in [9.17, 15) is 0 Å². The molecule has 0 amide bonds. The Morgan fingerprint density at radius 2 is 1.79 bits per heavy atom. The molecule has 0 saturated heterocycles. The minimum atomic E-state index is -1.27. The summed E-state index contributed by atoms with van der Waals surface area (Å²) in [6.45, 7) is 2.26. The highest BCUT2D eigenvalue weighted by Gasteiger charge is 2.27. The number of aliphatic hydroxyl groups excluding tert-OH is 1. The molecule has 0 aromatic heterocycles. The topological polar surface area (TPSA) is 20.2 Å². The Labute approximate surface area is 106 Å². The molecule has 0 saturated carbocycles. The van der Waals surface area contributed by atoms with Crippen molar-refractivity contribution in [3.8, 4) is 0 Å². The van der Waals surface area contributed by atoms with Crippen molar-refractivity contribution in [2.24, 2.45) is 5.92 Å². The van der Waals surface area contributed by atoms with Gasteiger partial charge in [0, 0.05) is 18.4 Å². The molecular weight excluding hydrogens is 266 g/mol. The molecule has 0 bridgehead atoms. The van der Waals surface area contributed by atoms with Crippen LogP contribution in [0.4, 0.5) is 0 Å².